The highest BCUT2D eigenvalue weighted by atomic mass is 16.4. The number of anilines is 1. The summed E-state index contributed by atoms with van der Waals surface area (Å²) in [7, 11) is 0. The van der Waals surface area contributed by atoms with Crippen LogP contribution < -0.4 is 4.90 Å². The van der Waals surface area contributed by atoms with E-state index in [2.05, 4.69) is 26.8 Å². The number of hydrogen-bond donors (Lipinski definition) is 1. The van der Waals surface area contributed by atoms with Gasteiger partial charge in [-0.2, -0.15) is 0 Å². The molecule has 4 fully saturated rings. The first-order valence-corrected chi connectivity index (χ1v) is 13.9. The van der Waals surface area contributed by atoms with E-state index in [-0.39, 0.29) is 52.2 Å². The number of allylic oxidation sites excluding steroid dienone is 2. The van der Waals surface area contributed by atoms with E-state index in [0.29, 0.717) is 11.6 Å². The van der Waals surface area contributed by atoms with Crippen LogP contribution in [0.2, 0.25) is 0 Å². The number of amides is 2. The van der Waals surface area contributed by atoms with E-state index in [1.165, 1.54) is 10.5 Å². The molecular formula is C31H39NO4. The number of benzene rings is 1. The van der Waals surface area contributed by atoms with Gasteiger partial charge in [-0.05, 0) is 87.2 Å². The van der Waals surface area contributed by atoms with Crippen LogP contribution in [0.4, 0.5) is 5.69 Å². The van der Waals surface area contributed by atoms with Crippen LogP contribution in [0.3, 0.4) is 0 Å². The zero-order chi connectivity index (χ0) is 25.8. The molecule has 7 rings (SSSR count). The Balaban J connectivity index is 1.49. The van der Waals surface area contributed by atoms with Crippen LogP contribution in [0.5, 0.6) is 0 Å². The Kier molecular flexibility index (Phi) is 5.02. The number of carbonyl (C=O) groups excluding carboxylic acids is 2. The van der Waals surface area contributed by atoms with Crippen molar-refractivity contribution in [3.63, 3.8) is 0 Å². The Morgan fingerprint density at radius 2 is 1.72 bits per heavy atom. The molecule has 1 spiro atoms. The largest absolute Gasteiger partial charge is 0.481 e. The fourth-order valence-corrected chi connectivity index (χ4v) is 9.91. The number of carbonyl (C=O) groups is 3. The van der Waals surface area contributed by atoms with Crippen molar-refractivity contribution in [2.75, 3.05) is 4.90 Å². The molecule has 6 aliphatic rings. The lowest BCUT2D eigenvalue weighted by Gasteiger charge is -2.68. The highest BCUT2D eigenvalue weighted by Gasteiger charge is 2.73. The predicted molar refractivity (Wildman–Crippen MR) is 138 cm³/mol. The van der Waals surface area contributed by atoms with Crippen molar-refractivity contribution in [1.29, 1.82) is 0 Å². The molecule has 0 aromatic heterocycles. The Hall–Kier alpha value is -2.43. The first-order valence-electron chi connectivity index (χ1n) is 13.9. The van der Waals surface area contributed by atoms with Gasteiger partial charge in [0, 0.05) is 5.41 Å². The van der Waals surface area contributed by atoms with Gasteiger partial charge in [0.2, 0.25) is 11.8 Å². The molecule has 8 atom stereocenters. The first-order chi connectivity index (χ1) is 17.0. The summed E-state index contributed by atoms with van der Waals surface area (Å²) >= 11 is 0. The highest BCUT2D eigenvalue weighted by Crippen LogP contribution is 2.74. The second-order valence-electron chi connectivity index (χ2n) is 13.3. The lowest BCUT2D eigenvalue weighted by atomic mass is 9.34. The van der Waals surface area contributed by atoms with Gasteiger partial charge in [-0.3, -0.25) is 19.3 Å². The summed E-state index contributed by atoms with van der Waals surface area (Å²) in [5.41, 5.74) is 1.89. The van der Waals surface area contributed by atoms with E-state index in [1.54, 1.807) is 0 Å². The Morgan fingerprint density at radius 3 is 2.36 bits per heavy atom. The van der Waals surface area contributed by atoms with E-state index in [9.17, 15) is 19.5 Å². The normalized spacial score (nSPS) is 43.2. The van der Waals surface area contributed by atoms with Crippen LogP contribution in [0.15, 0.2) is 35.9 Å². The molecule has 5 aliphatic carbocycles. The molecule has 1 aromatic rings. The molecule has 5 heteroatoms. The predicted octanol–water partition coefficient (Wildman–Crippen LogP) is 6.01. The van der Waals surface area contributed by atoms with Crippen molar-refractivity contribution in [1.82, 2.24) is 0 Å². The fraction of sp³-hybridized carbons (Fsp3) is 0.645. The third-order valence-corrected chi connectivity index (χ3v) is 11.5. The minimum atomic E-state index is -0.723. The number of hydrogen-bond acceptors (Lipinski definition) is 3. The van der Waals surface area contributed by atoms with Crippen LogP contribution in [-0.4, -0.2) is 22.9 Å². The van der Waals surface area contributed by atoms with Gasteiger partial charge in [0.05, 0.1) is 22.9 Å². The smallest absolute Gasteiger partial charge is 0.309 e. The van der Waals surface area contributed by atoms with Gasteiger partial charge >= 0.3 is 5.97 Å². The number of nitrogens with zero attached hydrogens (tertiary/aromatic N) is 1. The molecule has 2 amide bonds. The van der Waals surface area contributed by atoms with Gasteiger partial charge in [-0.15, -0.1) is 0 Å². The fourth-order valence-electron chi connectivity index (χ4n) is 9.91. The van der Waals surface area contributed by atoms with Crippen LogP contribution in [0.25, 0.3) is 0 Å². The number of carboxylic acids is 1. The maximum absolute atomic E-state index is 14.2. The van der Waals surface area contributed by atoms with Gasteiger partial charge in [0.25, 0.3) is 0 Å². The number of rotatable bonds is 3. The number of aryl methyl sites for hydroxylation is 1. The first kappa shape index (κ1) is 23.9. The average Bonchev–Trinajstić information content (AvgIpc) is 3.11. The van der Waals surface area contributed by atoms with Crippen molar-refractivity contribution in [2.24, 2.45) is 51.8 Å². The maximum atomic E-state index is 14.2. The van der Waals surface area contributed by atoms with Crippen molar-refractivity contribution < 1.29 is 19.5 Å². The minimum absolute atomic E-state index is 0.0331. The molecule has 1 saturated heterocycles. The van der Waals surface area contributed by atoms with Crippen molar-refractivity contribution >= 4 is 23.5 Å². The summed E-state index contributed by atoms with van der Waals surface area (Å²) in [5.74, 6) is -0.679. The second-order valence-corrected chi connectivity index (χ2v) is 13.3. The molecule has 1 aliphatic heterocycles. The molecular weight excluding hydrogens is 450 g/mol. The summed E-state index contributed by atoms with van der Waals surface area (Å²) in [6.07, 6.45) is 7.58. The lowest BCUT2D eigenvalue weighted by molar-refractivity contribution is -0.194. The van der Waals surface area contributed by atoms with Crippen LogP contribution in [0.1, 0.15) is 71.8 Å². The van der Waals surface area contributed by atoms with Crippen LogP contribution in [0, 0.1) is 58.7 Å². The summed E-state index contributed by atoms with van der Waals surface area (Å²) in [4.78, 5) is 42.3. The molecule has 0 radical (unpaired) electrons. The molecule has 1 aromatic carbocycles. The van der Waals surface area contributed by atoms with Gasteiger partial charge in [-0.1, -0.05) is 56.5 Å². The van der Waals surface area contributed by atoms with Gasteiger partial charge in [0.1, 0.15) is 0 Å². The van der Waals surface area contributed by atoms with E-state index in [1.807, 2.05) is 38.1 Å². The lowest BCUT2D eigenvalue weighted by Crippen LogP contribution is -2.65. The second kappa shape index (κ2) is 7.55. The standard InChI is InChI=1S/C31H39NO4/c1-17(2)21-16-31-14-11-22-29(4,12-6-13-30(22,5)28(35)36)23(31)15-20(21)24-25(31)27(34)32(26(24)33)19-9-7-18(3)8-10-19/h7-10,16-17,20,22-25H,6,11-15H2,1-5H3,(H,35,36)/t20-,22+,23-,24+,25-,29-,30+,31-/m0/s1. The van der Waals surface area contributed by atoms with Crippen molar-refractivity contribution in [2.45, 2.75) is 73.1 Å². The molecule has 36 heavy (non-hydrogen) atoms. The molecule has 2 bridgehead atoms. The summed E-state index contributed by atoms with van der Waals surface area (Å²) in [6.45, 7) is 10.7. The Bertz CT molecular complexity index is 1180. The number of aliphatic carboxylic acids is 1. The Labute approximate surface area is 214 Å². The number of fused-ring (bicyclic) bond motifs is 1. The molecule has 5 nitrogen and oxygen atoms in total. The monoisotopic (exact) mass is 489 g/mol. The average molecular weight is 490 g/mol. The van der Waals surface area contributed by atoms with E-state index in [4.69, 9.17) is 0 Å². The highest BCUT2D eigenvalue weighted by molar-refractivity contribution is 6.23. The third kappa shape index (κ3) is 2.80. The summed E-state index contributed by atoms with van der Waals surface area (Å²) < 4.78 is 0. The Morgan fingerprint density at radius 1 is 1.03 bits per heavy atom. The quantitative estimate of drug-likeness (QED) is 0.417. The number of imide groups is 1. The van der Waals surface area contributed by atoms with E-state index < -0.39 is 11.4 Å². The van der Waals surface area contributed by atoms with E-state index >= 15 is 0 Å². The molecule has 192 valence electrons. The molecule has 3 saturated carbocycles. The van der Waals surface area contributed by atoms with Crippen LogP contribution >= 0.6 is 0 Å². The van der Waals surface area contributed by atoms with Gasteiger partial charge in [-0.25, -0.2) is 0 Å². The zero-order valence-corrected chi connectivity index (χ0v) is 22.2. The van der Waals surface area contributed by atoms with Crippen LogP contribution in [-0.2, 0) is 14.4 Å². The topological polar surface area (TPSA) is 74.7 Å². The minimum Gasteiger partial charge on any atom is -0.481 e. The molecule has 0 unspecified atom stereocenters. The maximum Gasteiger partial charge on any atom is 0.309 e. The molecule has 1 heterocycles. The number of carboxylic acid groups (broad SMARTS) is 1. The van der Waals surface area contributed by atoms with Gasteiger partial charge in [0.15, 0.2) is 0 Å². The zero-order valence-electron chi connectivity index (χ0n) is 22.2. The van der Waals surface area contributed by atoms with Crippen molar-refractivity contribution in [3.8, 4) is 0 Å². The molecule has 1 N–H and O–H groups in total. The third-order valence-electron chi connectivity index (χ3n) is 11.5. The van der Waals surface area contributed by atoms with Gasteiger partial charge < -0.3 is 5.11 Å². The van der Waals surface area contributed by atoms with Crippen molar-refractivity contribution in [3.05, 3.63) is 41.5 Å². The summed E-state index contributed by atoms with van der Waals surface area (Å²) in [6, 6.07) is 7.72. The van der Waals surface area contributed by atoms with E-state index in [0.717, 1.165) is 44.1 Å². The SMILES string of the molecule is Cc1ccc(N2C(=O)[C@H]3[C@@H](C2=O)[C@@]24C=C(C(C)C)[C@@H]3C[C@H]2[C@@]2(C)CCC[C@@](C)(C(=O)O)[C@@H]2CC4)cc1. The summed E-state index contributed by atoms with van der Waals surface area (Å²) in [5, 5.41) is 10.3.